The van der Waals surface area contributed by atoms with Gasteiger partial charge in [0.1, 0.15) is 5.84 Å². The summed E-state index contributed by atoms with van der Waals surface area (Å²) >= 11 is 0. The van der Waals surface area contributed by atoms with Gasteiger partial charge in [-0.1, -0.05) is 37.3 Å². The van der Waals surface area contributed by atoms with Crippen LogP contribution in [-0.2, 0) is 0 Å². The molecule has 1 aliphatic carbocycles. The molecule has 0 amide bonds. The second-order valence-electron chi connectivity index (χ2n) is 6.99. The minimum atomic E-state index is 0.325. The summed E-state index contributed by atoms with van der Waals surface area (Å²) < 4.78 is 0. The molecule has 0 saturated carbocycles. The number of para-hydroxylation sites is 1. The predicted molar refractivity (Wildman–Crippen MR) is 98.9 cm³/mol. The fourth-order valence-corrected chi connectivity index (χ4v) is 4.15. The van der Waals surface area contributed by atoms with Crippen LogP contribution in [0.2, 0.25) is 0 Å². The Labute approximate surface area is 142 Å². The Bertz CT molecular complexity index is 925. The van der Waals surface area contributed by atoms with Crippen LogP contribution in [0.1, 0.15) is 31.2 Å². The van der Waals surface area contributed by atoms with E-state index in [1.165, 1.54) is 40.0 Å². The topological polar surface area (TPSA) is 31.4 Å². The number of nitrogens with zero attached hydrogens (tertiary/aromatic N) is 2. The van der Waals surface area contributed by atoms with Gasteiger partial charge in [-0.2, -0.15) is 0 Å². The van der Waals surface area contributed by atoms with E-state index in [0.717, 1.165) is 13.0 Å². The van der Waals surface area contributed by atoms with Gasteiger partial charge in [0.2, 0.25) is 0 Å². The maximum absolute atomic E-state index is 5.18. The van der Waals surface area contributed by atoms with Crippen molar-refractivity contribution in [1.29, 1.82) is 0 Å². The van der Waals surface area contributed by atoms with Gasteiger partial charge in [-0.3, -0.25) is 0 Å². The third-order valence-electron chi connectivity index (χ3n) is 5.50. The van der Waals surface area contributed by atoms with Gasteiger partial charge < -0.3 is 9.88 Å². The van der Waals surface area contributed by atoms with Gasteiger partial charge in [-0.15, -0.1) is 0 Å². The summed E-state index contributed by atoms with van der Waals surface area (Å²) in [6, 6.07) is 8.56. The Morgan fingerprint density at radius 2 is 2.12 bits per heavy atom. The Hall–Kier alpha value is -2.55. The van der Waals surface area contributed by atoms with E-state index in [9.17, 15) is 0 Å². The van der Waals surface area contributed by atoms with E-state index in [0.29, 0.717) is 11.8 Å². The molecule has 2 aliphatic heterocycles. The maximum Gasteiger partial charge on any atom is 0.111 e. The minimum Gasteiger partial charge on any atom is -0.361 e. The average molecular weight is 315 g/mol. The minimum absolute atomic E-state index is 0.325. The molecule has 120 valence electrons. The van der Waals surface area contributed by atoms with E-state index < -0.39 is 0 Å². The molecule has 3 nitrogen and oxygen atoms in total. The second-order valence-corrected chi connectivity index (χ2v) is 6.99. The number of amidine groups is 1. The molecular weight excluding hydrogens is 294 g/mol. The molecule has 0 spiro atoms. The smallest absolute Gasteiger partial charge is 0.111 e. The summed E-state index contributed by atoms with van der Waals surface area (Å²) in [6.07, 6.45) is 13.3. The Morgan fingerprint density at radius 1 is 1.21 bits per heavy atom. The predicted octanol–water partition coefficient (Wildman–Crippen LogP) is 4.73. The zero-order valence-electron chi connectivity index (χ0n) is 13.9. The normalized spacial score (nSPS) is 25.7. The molecule has 0 bridgehead atoms. The molecule has 1 aromatic heterocycles. The van der Waals surface area contributed by atoms with Crippen LogP contribution in [-0.4, -0.2) is 22.3 Å². The molecule has 24 heavy (non-hydrogen) atoms. The van der Waals surface area contributed by atoms with E-state index in [1.807, 2.05) is 0 Å². The highest BCUT2D eigenvalue weighted by Gasteiger charge is 2.30. The quantitative estimate of drug-likeness (QED) is 0.810. The van der Waals surface area contributed by atoms with Crippen molar-refractivity contribution in [3.8, 4) is 0 Å². The van der Waals surface area contributed by atoms with E-state index >= 15 is 0 Å². The third kappa shape index (κ3) is 2.01. The summed E-state index contributed by atoms with van der Waals surface area (Å²) in [5.74, 6) is 2.10. The van der Waals surface area contributed by atoms with Crippen LogP contribution in [0.5, 0.6) is 0 Å². The largest absolute Gasteiger partial charge is 0.361 e. The molecule has 1 N–H and O–H groups in total. The number of hydrogen-bond acceptors (Lipinski definition) is 2. The van der Waals surface area contributed by atoms with Crippen molar-refractivity contribution in [2.24, 2.45) is 10.9 Å². The lowest BCUT2D eigenvalue weighted by atomic mass is 9.86. The Balaban J connectivity index is 1.67. The number of benzene rings is 1. The van der Waals surface area contributed by atoms with Gasteiger partial charge in [0.05, 0.1) is 5.70 Å². The molecule has 3 aliphatic rings. The number of fused-ring (bicyclic) bond motifs is 2. The highest BCUT2D eigenvalue weighted by molar-refractivity contribution is 5.89. The van der Waals surface area contributed by atoms with Crippen molar-refractivity contribution in [1.82, 2.24) is 9.88 Å². The van der Waals surface area contributed by atoms with Crippen molar-refractivity contribution in [3.05, 3.63) is 71.7 Å². The van der Waals surface area contributed by atoms with Crippen LogP contribution < -0.4 is 0 Å². The number of rotatable bonds is 1. The fraction of sp³-hybridized carbons (Fsp3) is 0.286. The van der Waals surface area contributed by atoms with E-state index in [1.54, 1.807) is 0 Å². The van der Waals surface area contributed by atoms with Gasteiger partial charge >= 0.3 is 0 Å². The molecule has 5 rings (SSSR count). The first-order valence-electron chi connectivity index (χ1n) is 8.81. The number of hydrogen-bond donors (Lipinski definition) is 1. The lowest BCUT2D eigenvalue weighted by Gasteiger charge is -2.22. The van der Waals surface area contributed by atoms with Crippen molar-refractivity contribution in [2.45, 2.75) is 25.7 Å². The summed E-state index contributed by atoms with van der Waals surface area (Å²) in [5, 5.41) is 1.31. The standard InChI is InChI=1S/C21H21N3/c1-14-9-11-24-12-10-15-5-4-7-17(20(15)23-21(14)24)18-13-22-19-8-3-2-6-16(18)19/h2-6,8,10,12-14,17,22H,7,9,11H2,1H3. The number of H-pyrrole nitrogens is 1. The molecule has 2 aromatic rings. The zero-order valence-corrected chi connectivity index (χ0v) is 13.9. The van der Waals surface area contributed by atoms with Crippen LogP contribution in [0.25, 0.3) is 10.9 Å². The Kier molecular flexibility index (Phi) is 3.02. The zero-order chi connectivity index (χ0) is 16.1. The fourth-order valence-electron chi connectivity index (χ4n) is 4.15. The number of aliphatic imine (C=N–C) groups is 1. The molecular formula is C21H21N3. The monoisotopic (exact) mass is 315 g/mol. The van der Waals surface area contributed by atoms with Gasteiger partial charge in [0.15, 0.2) is 0 Å². The SMILES string of the molecule is CC1CCN2C=CC3=C(N=C12)C(c1c[nH]c2ccccc12)CC=C3. The summed E-state index contributed by atoms with van der Waals surface area (Å²) in [5.41, 5.74) is 5.05. The van der Waals surface area contributed by atoms with Crippen molar-refractivity contribution in [3.63, 3.8) is 0 Å². The van der Waals surface area contributed by atoms with Crippen molar-refractivity contribution < 1.29 is 0 Å². The summed E-state index contributed by atoms with van der Waals surface area (Å²) in [6.45, 7) is 3.37. The average Bonchev–Trinajstić information content (AvgIpc) is 3.12. The van der Waals surface area contributed by atoms with E-state index in [4.69, 9.17) is 4.99 Å². The molecule has 2 atom stereocenters. The first-order chi connectivity index (χ1) is 11.8. The lowest BCUT2D eigenvalue weighted by Crippen LogP contribution is -2.21. The molecule has 3 heterocycles. The van der Waals surface area contributed by atoms with Crippen LogP contribution >= 0.6 is 0 Å². The molecule has 1 aromatic carbocycles. The third-order valence-corrected chi connectivity index (χ3v) is 5.50. The number of nitrogens with one attached hydrogen (secondary N) is 1. The summed E-state index contributed by atoms with van der Waals surface area (Å²) in [7, 11) is 0. The van der Waals surface area contributed by atoms with Crippen LogP contribution in [0, 0.1) is 5.92 Å². The van der Waals surface area contributed by atoms with Gasteiger partial charge in [-0.05, 0) is 36.1 Å². The first kappa shape index (κ1) is 13.8. The van der Waals surface area contributed by atoms with Crippen LogP contribution in [0.15, 0.2) is 71.2 Å². The van der Waals surface area contributed by atoms with Gasteiger partial charge in [0, 0.05) is 41.7 Å². The number of aromatic amines is 1. The maximum atomic E-state index is 5.18. The highest BCUT2D eigenvalue weighted by Crippen LogP contribution is 2.40. The first-order valence-corrected chi connectivity index (χ1v) is 8.81. The van der Waals surface area contributed by atoms with E-state index in [2.05, 4.69) is 71.7 Å². The van der Waals surface area contributed by atoms with Gasteiger partial charge in [0.25, 0.3) is 0 Å². The molecule has 2 unspecified atom stereocenters. The highest BCUT2D eigenvalue weighted by atomic mass is 15.2. The lowest BCUT2D eigenvalue weighted by molar-refractivity contribution is 0.598. The van der Waals surface area contributed by atoms with Crippen molar-refractivity contribution >= 4 is 16.7 Å². The number of allylic oxidation sites excluding steroid dienone is 5. The molecule has 3 heteroatoms. The van der Waals surface area contributed by atoms with Gasteiger partial charge in [-0.25, -0.2) is 4.99 Å². The second kappa shape index (κ2) is 5.23. The number of aromatic nitrogens is 1. The molecule has 1 fully saturated rings. The molecule has 1 saturated heterocycles. The van der Waals surface area contributed by atoms with Crippen molar-refractivity contribution in [2.75, 3.05) is 6.54 Å². The summed E-state index contributed by atoms with van der Waals surface area (Å²) in [4.78, 5) is 10.9. The van der Waals surface area contributed by atoms with Crippen LogP contribution in [0.3, 0.4) is 0 Å². The van der Waals surface area contributed by atoms with E-state index in [-0.39, 0.29) is 0 Å². The Morgan fingerprint density at radius 3 is 3.08 bits per heavy atom. The van der Waals surface area contributed by atoms with Crippen LogP contribution in [0.4, 0.5) is 0 Å². The molecule has 0 radical (unpaired) electrons.